The summed E-state index contributed by atoms with van der Waals surface area (Å²) < 4.78 is 0. The average molecular weight is 120 g/mol. The second kappa shape index (κ2) is 3.25. The fourth-order valence-electron chi connectivity index (χ4n) is 0.750. The number of benzene rings is 1. The van der Waals surface area contributed by atoms with Crippen LogP contribution in [0.3, 0.4) is 0 Å². The summed E-state index contributed by atoms with van der Waals surface area (Å²) in [5.74, 6) is 0. The summed E-state index contributed by atoms with van der Waals surface area (Å²) in [4.78, 5) is 0. The van der Waals surface area contributed by atoms with E-state index in [0.29, 0.717) is 0 Å². The molecule has 0 aromatic heterocycles. The summed E-state index contributed by atoms with van der Waals surface area (Å²) in [6, 6.07) is 10.1. The monoisotopic (exact) mass is 120 g/mol. The predicted octanol–water partition coefficient (Wildman–Crippen LogP) is 1.35. The van der Waals surface area contributed by atoms with Gasteiger partial charge in [0.15, 0.2) is 0 Å². The van der Waals surface area contributed by atoms with E-state index >= 15 is 0 Å². The predicted molar refractivity (Wildman–Crippen MR) is 38.6 cm³/mol. The Balaban J connectivity index is 2.61. The highest BCUT2D eigenvalue weighted by molar-refractivity contribution is 5.15. The van der Waals surface area contributed by atoms with Crippen LogP contribution in [0.5, 0.6) is 0 Å². The van der Waals surface area contributed by atoms with Crippen LogP contribution in [0.4, 0.5) is 0 Å². The first-order valence-electron chi connectivity index (χ1n) is 3.01. The van der Waals surface area contributed by atoms with Crippen LogP contribution in [0.25, 0.3) is 0 Å². The summed E-state index contributed by atoms with van der Waals surface area (Å²) in [6.45, 7) is 1.66. The molecule has 47 valence electrons. The topological polar surface area (TPSA) is 26.0 Å². The maximum Gasteiger partial charge on any atom is 0.0236 e. The molecule has 0 amide bonds. The normalized spacial score (nSPS) is 9.44. The van der Waals surface area contributed by atoms with Gasteiger partial charge in [0.2, 0.25) is 0 Å². The lowest BCUT2D eigenvalue weighted by molar-refractivity contribution is 1.11. The minimum Gasteiger partial charge on any atom is -0.326 e. The SMILES string of the molecule is N[CH]Cc1ccccc1. The van der Waals surface area contributed by atoms with Crippen LogP contribution < -0.4 is 5.73 Å². The Hall–Kier alpha value is -0.820. The lowest BCUT2D eigenvalue weighted by Gasteiger charge is -1.93. The van der Waals surface area contributed by atoms with Crippen LogP contribution in [-0.4, -0.2) is 0 Å². The molecule has 0 aliphatic heterocycles. The van der Waals surface area contributed by atoms with Crippen LogP contribution in [0.15, 0.2) is 30.3 Å². The molecule has 0 heterocycles. The smallest absolute Gasteiger partial charge is 0.0236 e. The molecule has 0 bridgehead atoms. The van der Waals surface area contributed by atoms with Crippen molar-refractivity contribution >= 4 is 0 Å². The van der Waals surface area contributed by atoms with Gasteiger partial charge in [0.25, 0.3) is 0 Å². The van der Waals surface area contributed by atoms with Crippen molar-refractivity contribution in [1.29, 1.82) is 0 Å². The van der Waals surface area contributed by atoms with E-state index in [9.17, 15) is 0 Å². The molecule has 9 heavy (non-hydrogen) atoms. The zero-order valence-corrected chi connectivity index (χ0v) is 5.25. The lowest BCUT2D eigenvalue weighted by atomic mass is 10.2. The number of nitrogens with two attached hydrogens (primary N) is 1. The Bertz CT molecular complexity index is 157. The molecular formula is C8H10N. The molecule has 0 unspecified atom stereocenters. The maximum atomic E-state index is 5.24. The molecule has 0 aliphatic carbocycles. The molecule has 0 aliphatic rings. The first kappa shape index (κ1) is 6.30. The fraction of sp³-hybridized carbons (Fsp3) is 0.125. The van der Waals surface area contributed by atoms with E-state index in [-0.39, 0.29) is 0 Å². The van der Waals surface area contributed by atoms with Gasteiger partial charge in [-0.3, -0.25) is 0 Å². The Morgan fingerprint density at radius 3 is 2.44 bits per heavy atom. The van der Waals surface area contributed by atoms with Gasteiger partial charge in [0.05, 0.1) is 0 Å². The molecule has 1 aromatic carbocycles. The Morgan fingerprint density at radius 1 is 1.22 bits per heavy atom. The van der Waals surface area contributed by atoms with Crippen LogP contribution in [0, 0.1) is 6.54 Å². The van der Waals surface area contributed by atoms with Crippen molar-refractivity contribution in [3.63, 3.8) is 0 Å². The quantitative estimate of drug-likeness (QED) is 0.626. The highest BCUT2D eigenvalue weighted by atomic mass is 14.5. The van der Waals surface area contributed by atoms with Gasteiger partial charge in [0, 0.05) is 6.54 Å². The van der Waals surface area contributed by atoms with Crippen molar-refractivity contribution in [1.82, 2.24) is 0 Å². The van der Waals surface area contributed by atoms with Gasteiger partial charge >= 0.3 is 0 Å². The van der Waals surface area contributed by atoms with E-state index in [4.69, 9.17) is 5.73 Å². The molecule has 0 saturated carbocycles. The fourth-order valence-corrected chi connectivity index (χ4v) is 0.750. The van der Waals surface area contributed by atoms with Gasteiger partial charge in [0.1, 0.15) is 0 Å². The highest BCUT2D eigenvalue weighted by Crippen LogP contribution is 1.98. The van der Waals surface area contributed by atoms with E-state index in [0.717, 1.165) is 6.42 Å². The zero-order chi connectivity index (χ0) is 6.53. The van der Waals surface area contributed by atoms with E-state index in [1.165, 1.54) is 5.56 Å². The van der Waals surface area contributed by atoms with Gasteiger partial charge in [-0.15, -0.1) is 0 Å². The van der Waals surface area contributed by atoms with Crippen LogP contribution in [0.2, 0.25) is 0 Å². The third kappa shape index (κ3) is 1.86. The second-order valence-electron chi connectivity index (χ2n) is 1.93. The minimum atomic E-state index is 0.862. The van der Waals surface area contributed by atoms with Gasteiger partial charge in [-0.05, 0) is 12.0 Å². The molecule has 1 radical (unpaired) electrons. The molecule has 2 N–H and O–H groups in total. The van der Waals surface area contributed by atoms with Crippen molar-refractivity contribution in [2.24, 2.45) is 5.73 Å². The third-order valence-electron chi connectivity index (χ3n) is 1.20. The first-order valence-corrected chi connectivity index (χ1v) is 3.01. The average Bonchev–Trinajstić information content (AvgIpc) is 1.91. The number of hydrogen-bond acceptors (Lipinski definition) is 1. The molecule has 1 heteroatoms. The minimum absolute atomic E-state index is 0.862. The summed E-state index contributed by atoms with van der Waals surface area (Å²) in [5, 5.41) is 0. The van der Waals surface area contributed by atoms with Crippen LogP contribution in [-0.2, 0) is 6.42 Å². The molecular weight excluding hydrogens is 110 g/mol. The van der Waals surface area contributed by atoms with E-state index in [2.05, 4.69) is 12.1 Å². The number of rotatable bonds is 2. The number of hydrogen-bond donors (Lipinski definition) is 1. The van der Waals surface area contributed by atoms with Crippen LogP contribution >= 0.6 is 0 Å². The van der Waals surface area contributed by atoms with E-state index in [1.54, 1.807) is 6.54 Å². The van der Waals surface area contributed by atoms with Gasteiger partial charge < -0.3 is 5.73 Å². The van der Waals surface area contributed by atoms with Gasteiger partial charge in [-0.2, -0.15) is 0 Å². The second-order valence-corrected chi connectivity index (χ2v) is 1.93. The first-order chi connectivity index (χ1) is 4.43. The molecule has 1 nitrogen and oxygen atoms in total. The summed E-state index contributed by atoms with van der Waals surface area (Å²) >= 11 is 0. The van der Waals surface area contributed by atoms with Crippen LogP contribution in [0.1, 0.15) is 5.56 Å². The maximum absolute atomic E-state index is 5.24. The molecule has 0 saturated heterocycles. The van der Waals surface area contributed by atoms with Crippen molar-refractivity contribution in [3.05, 3.63) is 42.4 Å². The van der Waals surface area contributed by atoms with E-state index < -0.39 is 0 Å². The molecule has 1 rings (SSSR count). The molecule has 0 atom stereocenters. The zero-order valence-electron chi connectivity index (χ0n) is 5.25. The van der Waals surface area contributed by atoms with Gasteiger partial charge in [-0.1, -0.05) is 30.3 Å². The summed E-state index contributed by atoms with van der Waals surface area (Å²) in [7, 11) is 0. The Labute approximate surface area is 55.5 Å². The highest BCUT2D eigenvalue weighted by Gasteiger charge is 1.85. The van der Waals surface area contributed by atoms with Crippen molar-refractivity contribution in [2.45, 2.75) is 6.42 Å². The van der Waals surface area contributed by atoms with Crippen molar-refractivity contribution in [3.8, 4) is 0 Å². The standard InChI is InChI=1S/C8H10N/c9-7-6-8-4-2-1-3-5-8/h1-5,7H,6,9H2. The van der Waals surface area contributed by atoms with Crippen molar-refractivity contribution in [2.75, 3.05) is 0 Å². The molecule has 0 fully saturated rings. The molecule has 1 aromatic rings. The van der Waals surface area contributed by atoms with Crippen molar-refractivity contribution < 1.29 is 0 Å². The Morgan fingerprint density at radius 2 is 1.89 bits per heavy atom. The lowest BCUT2D eigenvalue weighted by Crippen LogP contribution is -1.93. The summed E-state index contributed by atoms with van der Waals surface area (Å²) in [5.41, 5.74) is 6.50. The van der Waals surface area contributed by atoms with Gasteiger partial charge in [-0.25, -0.2) is 0 Å². The van der Waals surface area contributed by atoms with E-state index in [1.807, 2.05) is 18.2 Å². The molecule has 0 spiro atoms. The Kier molecular flexibility index (Phi) is 2.28. The largest absolute Gasteiger partial charge is 0.326 e. The summed E-state index contributed by atoms with van der Waals surface area (Å²) in [6.07, 6.45) is 0.862. The third-order valence-corrected chi connectivity index (χ3v) is 1.20.